The molecule has 3 aromatic rings. The lowest BCUT2D eigenvalue weighted by Crippen LogP contribution is -2.08. The lowest BCUT2D eigenvalue weighted by molar-refractivity contribution is 0.0689. The second kappa shape index (κ2) is 6.11. The van der Waals surface area contributed by atoms with E-state index in [4.69, 9.17) is 16.6 Å². The molecule has 1 atom stereocenters. The molecule has 0 amide bonds. The molecule has 130 valence electrons. The molecule has 2 heterocycles. The maximum atomic E-state index is 11.7. The van der Waals surface area contributed by atoms with Crippen molar-refractivity contribution < 1.29 is 9.90 Å². The van der Waals surface area contributed by atoms with E-state index < -0.39 is 5.97 Å². The standard InChI is InChI=1S/C20H16ClN3O2/c1-11-19-18(20(25)26)23-12(2)24(19)16-9-8-14(21)10-15(16)17(22-11)13-6-4-3-5-7-13/h3-11H,1-2H3,(H,25,26). The van der Waals surface area contributed by atoms with Crippen LogP contribution < -0.4 is 0 Å². The van der Waals surface area contributed by atoms with Gasteiger partial charge in [0.05, 0.1) is 23.1 Å². The van der Waals surface area contributed by atoms with Gasteiger partial charge in [0.25, 0.3) is 0 Å². The maximum Gasteiger partial charge on any atom is 0.356 e. The van der Waals surface area contributed by atoms with Crippen LogP contribution in [0.15, 0.2) is 53.5 Å². The number of nitrogens with zero attached hydrogens (tertiary/aromatic N) is 3. The third kappa shape index (κ3) is 2.52. The Morgan fingerprint density at radius 3 is 2.62 bits per heavy atom. The van der Waals surface area contributed by atoms with E-state index in [1.165, 1.54) is 0 Å². The van der Waals surface area contributed by atoms with Crippen molar-refractivity contribution in [3.63, 3.8) is 0 Å². The van der Waals surface area contributed by atoms with Crippen LogP contribution in [0, 0.1) is 6.92 Å². The number of rotatable bonds is 2. The summed E-state index contributed by atoms with van der Waals surface area (Å²) in [6.45, 7) is 3.68. The zero-order valence-electron chi connectivity index (χ0n) is 14.3. The number of hydrogen-bond donors (Lipinski definition) is 1. The first-order valence-corrected chi connectivity index (χ1v) is 8.61. The Labute approximate surface area is 155 Å². The SMILES string of the molecule is Cc1nc(C(=O)O)c2n1-c1ccc(Cl)cc1C(c1ccccc1)=NC2C. The summed E-state index contributed by atoms with van der Waals surface area (Å²) in [5, 5.41) is 10.2. The van der Waals surface area contributed by atoms with Crippen molar-refractivity contribution >= 4 is 23.3 Å². The van der Waals surface area contributed by atoms with Gasteiger partial charge in [-0.15, -0.1) is 0 Å². The summed E-state index contributed by atoms with van der Waals surface area (Å²) < 4.78 is 1.87. The number of benzene rings is 2. The van der Waals surface area contributed by atoms with Crippen LogP contribution in [0.4, 0.5) is 0 Å². The smallest absolute Gasteiger partial charge is 0.356 e. The Morgan fingerprint density at radius 2 is 1.92 bits per heavy atom. The normalized spacial score (nSPS) is 15.7. The molecule has 2 aromatic carbocycles. The van der Waals surface area contributed by atoms with E-state index in [1.54, 1.807) is 13.0 Å². The molecule has 0 saturated carbocycles. The Hall–Kier alpha value is -2.92. The number of aromatic nitrogens is 2. The van der Waals surface area contributed by atoms with Crippen LogP contribution in [-0.4, -0.2) is 26.3 Å². The number of carbonyl (C=O) groups is 1. The lowest BCUT2D eigenvalue weighted by atomic mass is 10.0. The topological polar surface area (TPSA) is 67.5 Å². The number of hydrogen-bond acceptors (Lipinski definition) is 3. The van der Waals surface area contributed by atoms with E-state index in [9.17, 15) is 9.90 Å². The molecule has 1 aliphatic heterocycles. The first-order valence-electron chi connectivity index (χ1n) is 8.23. The molecule has 0 bridgehead atoms. The van der Waals surface area contributed by atoms with Crippen LogP contribution in [0.5, 0.6) is 0 Å². The molecule has 5 nitrogen and oxygen atoms in total. The van der Waals surface area contributed by atoms with Gasteiger partial charge in [-0.3, -0.25) is 9.56 Å². The van der Waals surface area contributed by atoms with Crippen molar-refractivity contribution in [3.05, 3.63) is 81.9 Å². The van der Waals surface area contributed by atoms with Crippen molar-refractivity contribution in [2.24, 2.45) is 4.99 Å². The summed E-state index contributed by atoms with van der Waals surface area (Å²) in [5.41, 5.74) is 4.03. The van der Waals surface area contributed by atoms with Crippen LogP contribution in [0.25, 0.3) is 5.69 Å². The van der Waals surface area contributed by atoms with Gasteiger partial charge in [-0.25, -0.2) is 9.78 Å². The minimum Gasteiger partial charge on any atom is -0.476 e. The highest BCUT2D eigenvalue weighted by Gasteiger charge is 2.30. The second-order valence-corrected chi connectivity index (χ2v) is 6.65. The number of aryl methyl sites for hydroxylation is 1. The van der Waals surface area contributed by atoms with Gasteiger partial charge in [0.2, 0.25) is 0 Å². The molecule has 0 radical (unpaired) electrons. The predicted molar refractivity (Wildman–Crippen MR) is 101 cm³/mol. The predicted octanol–water partition coefficient (Wildman–Crippen LogP) is 4.44. The molecule has 1 unspecified atom stereocenters. The van der Waals surface area contributed by atoms with Crippen LogP contribution in [0.3, 0.4) is 0 Å². The van der Waals surface area contributed by atoms with Gasteiger partial charge < -0.3 is 5.11 Å². The molecule has 1 N–H and O–H groups in total. The van der Waals surface area contributed by atoms with Crippen molar-refractivity contribution in [3.8, 4) is 5.69 Å². The Balaban J connectivity index is 2.09. The lowest BCUT2D eigenvalue weighted by Gasteiger charge is -2.13. The maximum absolute atomic E-state index is 11.7. The van der Waals surface area contributed by atoms with E-state index >= 15 is 0 Å². The van der Waals surface area contributed by atoms with Crippen LogP contribution in [0.1, 0.15) is 46.1 Å². The molecular weight excluding hydrogens is 350 g/mol. The molecule has 1 aliphatic rings. The van der Waals surface area contributed by atoms with E-state index in [2.05, 4.69) is 4.98 Å². The minimum absolute atomic E-state index is 0.0361. The van der Waals surface area contributed by atoms with Crippen molar-refractivity contribution in [2.75, 3.05) is 0 Å². The van der Waals surface area contributed by atoms with Crippen LogP contribution in [0.2, 0.25) is 5.02 Å². The van der Waals surface area contributed by atoms with Crippen molar-refractivity contribution in [2.45, 2.75) is 19.9 Å². The number of carboxylic acid groups (broad SMARTS) is 1. The summed E-state index contributed by atoms with van der Waals surface area (Å²) in [6, 6.07) is 15.0. The first-order chi connectivity index (χ1) is 12.5. The van der Waals surface area contributed by atoms with E-state index in [-0.39, 0.29) is 11.7 Å². The summed E-state index contributed by atoms with van der Waals surface area (Å²) in [4.78, 5) is 20.8. The average molecular weight is 366 g/mol. The number of fused-ring (bicyclic) bond motifs is 3. The van der Waals surface area contributed by atoms with Gasteiger partial charge in [0.1, 0.15) is 5.82 Å². The number of aromatic carboxylic acids is 1. The van der Waals surface area contributed by atoms with Crippen molar-refractivity contribution in [1.29, 1.82) is 0 Å². The summed E-state index contributed by atoms with van der Waals surface area (Å²) in [7, 11) is 0. The first kappa shape index (κ1) is 16.5. The molecule has 6 heteroatoms. The number of aliphatic imine (C=N–C) groups is 1. The van der Waals surface area contributed by atoms with Gasteiger partial charge >= 0.3 is 5.97 Å². The minimum atomic E-state index is -1.05. The molecule has 0 fully saturated rings. The summed E-state index contributed by atoms with van der Waals surface area (Å²) >= 11 is 6.27. The third-order valence-corrected chi connectivity index (χ3v) is 4.74. The average Bonchev–Trinajstić information content (AvgIpc) is 2.91. The van der Waals surface area contributed by atoms with Gasteiger partial charge in [0.15, 0.2) is 5.69 Å². The second-order valence-electron chi connectivity index (χ2n) is 6.21. The highest BCUT2D eigenvalue weighted by atomic mass is 35.5. The Bertz CT molecular complexity index is 1050. The fourth-order valence-electron chi connectivity index (χ4n) is 3.44. The van der Waals surface area contributed by atoms with Gasteiger partial charge in [-0.1, -0.05) is 41.9 Å². The number of imidazole rings is 1. The fourth-order valence-corrected chi connectivity index (χ4v) is 3.61. The largest absolute Gasteiger partial charge is 0.476 e. The molecule has 0 aliphatic carbocycles. The van der Waals surface area contributed by atoms with Gasteiger partial charge in [-0.2, -0.15) is 0 Å². The van der Waals surface area contributed by atoms with Gasteiger partial charge in [-0.05, 0) is 32.0 Å². The molecule has 0 spiro atoms. The van der Waals surface area contributed by atoms with E-state index in [1.807, 2.05) is 54.0 Å². The Morgan fingerprint density at radius 1 is 1.19 bits per heavy atom. The summed E-state index contributed by atoms with van der Waals surface area (Å²) in [5.74, 6) is -0.445. The monoisotopic (exact) mass is 365 g/mol. The zero-order valence-corrected chi connectivity index (χ0v) is 15.0. The van der Waals surface area contributed by atoms with Gasteiger partial charge in [0, 0.05) is 16.1 Å². The van der Waals surface area contributed by atoms with Crippen molar-refractivity contribution in [1.82, 2.24) is 9.55 Å². The fraction of sp³-hybridized carbons (Fsp3) is 0.150. The molecule has 1 aromatic heterocycles. The number of halogens is 1. The van der Waals surface area contributed by atoms with Crippen LogP contribution in [-0.2, 0) is 0 Å². The molecule has 26 heavy (non-hydrogen) atoms. The Kier molecular flexibility index (Phi) is 3.89. The third-order valence-electron chi connectivity index (χ3n) is 4.50. The summed E-state index contributed by atoms with van der Waals surface area (Å²) in [6.07, 6.45) is 0. The molecule has 0 saturated heterocycles. The number of carboxylic acids is 1. The zero-order chi connectivity index (χ0) is 18.4. The van der Waals surface area contributed by atoms with E-state index in [0.717, 1.165) is 22.5 Å². The molecule has 4 rings (SSSR count). The molecular formula is C20H16ClN3O2. The highest BCUT2D eigenvalue weighted by Crippen LogP contribution is 2.34. The highest BCUT2D eigenvalue weighted by molar-refractivity contribution is 6.31. The van der Waals surface area contributed by atoms with Crippen LogP contribution >= 0.6 is 11.6 Å². The quantitative estimate of drug-likeness (QED) is 0.729. The van der Waals surface area contributed by atoms with E-state index in [0.29, 0.717) is 16.5 Å².